The van der Waals surface area contributed by atoms with Crippen LogP contribution in [0.3, 0.4) is 0 Å². The van der Waals surface area contributed by atoms with Crippen LogP contribution < -0.4 is 0 Å². The van der Waals surface area contributed by atoms with Crippen LogP contribution in [0.15, 0.2) is 12.1 Å². The molecule has 0 saturated carbocycles. The molecule has 1 aliphatic heterocycles. The van der Waals surface area contributed by atoms with Gasteiger partial charge in [-0.15, -0.1) is 0 Å². The number of aromatic nitrogens is 1. The van der Waals surface area contributed by atoms with Gasteiger partial charge in [-0.2, -0.15) is 13.2 Å². The fourth-order valence-corrected chi connectivity index (χ4v) is 2.59. The summed E-state index contributed by atoms with van der Waals surface area (Å²) >= 11 is 5.60. The lowest BCUT2D eigenvalue weighted by molar-refractivity contribution is -0.141. The third-order valence-electron chi connectivity index (χ3n) is 3.56. The standard InChI is InChI=1S/C13H14ClF5N2/c1-8-6-21(3-2-12(8,15)16)7-9-4-10(13(17,18)19)20-11(14)5-9/h4-5,8H,2-3,6-7H2,1H3. The van der Waals surface area contributed by atoms with Gasteiger partial charge >= 0.3 is 6.18 Å². The summed E-state index contributed by atoms with van der Waals surface area (Å²) < 4.78 is 64.7. The molecule has 1 aromatic rings. The fourth-order valence-electron chi connectivity index (χ4n) is 2.35. The molecule has 0 aromatic carbocycles. The molecule has 0 aliphatic carbocycles. The summed E-state index contributed by atoms with van der Waals surface area (Å²) in [6.07, 6.45) is -4.87. The molecule has 2 rings (SSSR count). The van der Waals surface area contributed by atoms with Gasteiger partial charge in [0.15, 0.2) is 0 Å². The lowest BCUT2D eigenvalue weighted by Gasteiger charge is -2.36. The molecular weight excluding hydrogens is 315 g/mol. The van der Waals surface area contributed by atoms with Gasteiger partial charge in [-0.05, 0) is 17.7 Å². The average molecular weight is 329 g/mol. The Morgan fingerprint density at radius 3 is 2.62 bits per heavy atom. The first-order chi connectivity index (χ1) is 9.58. The van der Waals surface area contributed by atoms with Crippen LogP contribution in [-0.4, -0.2) is 28.9 Å². The Bertz CT molecular complexity index is 518. The van der Waals surface area contributed by atoms with E-state index in [0.29, 0.717) is 5.56 Å². The van der Waals surface area contributed by atoms with Crippen molar-refractivity contribution in [1.29, 1.82) is 0 Å². The van der Waals surface area contributed by atoms with Crippen molar-refractivity contribution in [2.75, 3.05) is 13.1 Å². The third kappa shape index (κ3) is 4.03. The highest BCUT2D eigenvalue weighted by atomic mass is 35.5. The Hall–Kier alpha value is -0.950. The summed E-state index contributed by atoms with van der Waals surface area (Å²) in [6.45, 7) is 1.85. The SMILES string of the molecule is CC1CN(Cc2cc(Cl)nc(C(F)(F)F)c2)CCC1(F)F. The quantitative estimate of drug-likeness (QED) is 0.596. The second-order valence-electron chi connectivity index (χ2n) is 5.33. The highest BCUT2D eigenvalue weighted by molar-refractivity contribution is 6.29. The van der Waals surface area contributed by atoms with Gasteiger partial charge in [-0.1, -0.05) is 18.5 Å². The molecule has 0 bridgehead atoms. The first-order valence-corrected chi connectivity index (χ1v) is 6.79. The molecule has 1 atom stereocenters. The highest BCUT2D eigenvalue weighted by Crippen LogP contribution is 2.34. The van der Waals surface area contributed by atoms with Gasteiger partial charge in [0.05, 0.1) is 0 Å². The van der Waals surface area contributed by atoms with Gasteiger partial charge in [0.25, 0.3) is 5.92 Å². The Morgan fingerprint density at radius 1 is 1.38 bits per heavy atom. The van der Waals surface area contributed by atoms with E-state index in [4.69, 9.17) is 11.6 Å². The van der Waals surface area contributed by atoms with E-state index in [9.17, 15) is 22.0 Å². The zero-order chi connectivity index (χ0) is 15.8. The van der Waals surface area contributed by atoms with Crippen molar-refractivity contribution in [1.82, 2.24) is 9.88 Å². The molecule has 1 unspecified atom stereocenters. The van der Waals surface area contributed by atoms with Gasteiger partial charge in [-0.3, -0.25) is 4.90 Å². The average Bonchev–Trinajstić information content (AvgIpc) is 2.32. The third-order valence-corrected chi connectivity index (χ3v) is 3.76. The van der Waals surface area contributed by atoms with Crippen molar-refractivity contribution >= 4 is 11.6 Å². The molecule has 0 amide bonds. The van der Waals surface area contributed by atoms with E-state index >= 15 is 0 Å². The molecule has 2 heterocycles. The minimum atomic E-state index is -4.58. The molecule has 1 saturated heterocycles. The van der Waals surface area contributed by atoms with E-state index in [1.807, 2.05) is 0 Å². The monoisotopic (exact) mass is 328 g/mol. The Morgan fingerprint density at radius 2 is 2.05 bits per heavy atom. The van der Waals surface area contributed by atoms with Crippen molar-refractivity contribution in [2.24, 2.45) is 5.92 Å². The molecule has 0 radical (unpaired) electrons. The molecule has 1 fully saturated rings. The normalized spacial score (nSPS) is 23.3. The van der Waals surface area contributed by atoms with Crippen molar-refractivity contribution in [3.8, 4) is 0 Å². The van der Waals surface area contributed by atoms with E-state index in [-0.39, 0.29) is 31.2 Å². The van der Waals surface area contributed by atoms with Gasteiger partial charge in [0, 0.05) is 32.0 Å². The Balaban J connectivity index is 2.12. The number of halogens is 6. The van der Waals surface area contributed by atoms with Crippen LogP contribution in [0.5, 0.6) is 0 Å². The predicted octanol–water partition coefficient (Wildman–Crippen LogP) is 4.23. The molecule has 0 N–H and O–H groups in total. The van der Waals surface area contributed by atoms with E-state index in [0.717, 1.165) is 6.07 Å². The highest BCUT2D eigenvalue weighted by Gasteiger charge is 2.41. The zero-order valence-corrected chi connectivity index (χ0v) is 12.0. The number of alkyl halides is 5. The molecule has 2 nitrogen and oxygen atoms in total. The van der Waals surface area contributed by atoms with Crippen LogP contribution in [0.25, 0.3) is 0 Å². The van der Waals surface area contributed by atoms with E-state index in [1.54, 1.807) is 4.90 Å². The maximum Gasteiger partial charge on any atom is 0.433 e. The van der Waals surface area contributed by atoms with E-state index in [1.165, 1.54) is 13.0 Å². The van der Waals surface area contributed by atoms with Crippen molar-refractivity contribution in [2.45, 2.75) is 32.0 Å². The van der Waals surface area contributed by atoms with Crippen LogP contribution in [0.2, 0.25) is 5.15 Å². The van der Waals surface area contributed by atoms with Crippen molar-refractivity contribution < 1.29 is 22.0 Å². The minimum absolute atomic E-state index is 0.133. The van der Waals surface area contributed by atoms with Gasteiger partial charge in [0.1, 0.15) is 10.8 Å². The van der Waals surface area contributed by atoms with E-state index in [2.05, 4.69) is 4.98 Å². The van der Waals surface area contributed by atoms with Crippen LogP contribution in [-0.2, 0) is 12.7 Å². The first kappa shape index (κ1) is 16.4. The molecule has 21 heavy (non-hydrogen) atoms. The molecular formula is C13H14ClF5N2. The molecule has 118 valence electrons. The zero-order valence-electron chi connectivity index (χ0n) is 11.2. The number of pyridine rings is 1. The van der Waals surface area contributed by atoms with Crippen LogP contribution in [0.1, 0.15) is 24.6 Å². The largest absolute Gasteiger partial charge is 0.433 e. The van der Waals surface area contributed by atoms with Crippen molar-refractivity contribution in [3.05, 3.63) is 28.5 Å². The number of piperidine rings is 1. The second kappa shape index (κ2) is 5.68. The number of hydrogen-bond acceptors (Lipinski definition) is 2. The Kier molecular flexibility index (Phi) is 4.44. The topological polar surface area (TPSA) is 16.1 Å². The summed E-state index contributed by atoms with van der Waals surface area (Å²) in [5.41, 5.74) is -0.750. The molecule has 1 aromatic heterocycles. The molecule has 1 aliphatic rings. The van der Waals surface area contributed by atoms with Gasteiger partial charge in [0.2, 0.25) is 0 Å². The summed E-state index contributed by atoms with van der Waals surface area (Å²) in [6, 6.07) is 2.23. The van der Waals surface area contributed by atoms with Gasteiger partial charge < -0.3 is 0 Å². The predicted molar refractivity (Wildman–Crippen MR) is 68.3 cm³/mol. The molecule has 8 heteroatoms. The summed E-state index contributed by atoms with van der Waals surface area (Å²) in [4.78, 5) is 4.94. The van der Waals surface area contributed by atoms with Gasteiger partial charge in [-0.25, -0.2) is 13.8 Å². The van der Waals surface area contributed by atoms with Crippen LogP contribution >= 0.6 is 11.6 Å². The van der Waals surface area contributed by atoms with Crippen LogP contribution in [0.4, 0.5) is 22.0 Å². The lowest BCUT2D eigenvalue weighted by atomic mass is 9.95. The second-order valence-corrected chi connectivity index (χ2v) is 5.72. The van der Waals surface area contributed by atoms with Crippen LogP contribution in [0, 0.1) is 5.92 Å². The van der Waals surface area contributed by atoms with Crippen molar-refractivity contribution in [3.63, 3.8) is 0 Å². The number of nitrogens with zero attached hydrogens (tertiary/aromatic N) is 2. The number of hydrogen-bond donors (Lipinski definition) is 0. The maximum absolute atomic E-state index is 13.4. The molecule has 0 spiro atoms. The lowest BCUT2D eigenvalue weighted by Crippen LogP contribution is -2.45. The fraction of sp³-hybridized carbons (Fsp3) is 0.615. The first-order valence-electron chi connectivity index (χ1n) is 6.42. The maximum atomic E-state index is 13.4. The minimum Gasteiger partial charge on any atom is -0.298 e. The van der Waals surface area contributed by atoms with E-state index < -0.39 is 23.7 Å². The summed E-state index contributed by atoms with van der Waals surface area (Å²) in [5.74, 6) is -3.55. The number of rotatable bonds is 2. The summed E-state index contributed by atoms with van der Waals surface area (Å²) in [7, 11) is 0. The number of likely N-dealkylation sites (tertiary alicyclic amines) is 1. The smallest absolute Gasteiger partial charge is 0.298 e. The summed E-state index contributed by atoms with van der Waals surface area (Å²) in [5, 5.41) is -0.254. The Labute approximate surface area is 123 Å².